The number of piperidine rings is 1. The lowest BCUT2D eigenvalue weighted by Crippen LogP contribution is -3.11. The zero-order valence-electron chi connectivity index (χ0n) is 17.1. The van der Waals surface area contributed by atoms with Crippen molar-refractivity contribution in [2.24, 2.45) is 5.92 Å². The fraction of sp³-hybridized carbons (Fsp3) is 0.391. The van der Waals surface area contributed by atoms with Crippen LogP contribution in [0, 0.1) is 5.92 Å². The Morgan fingerprint density at radius 2 is 1.76 bits per heavy atom. The molecule has 0 spiro atoms. The Hall–Kier alpha value is -2.86. The number of methoxy groups -OCH3 is 2. The van der Waals surface area contributed by atoms with Crippen molar-refractivity contribution in [1.29, 1.82) is 0 Å². The number of nitrogens with one attached hydrogen (secondary N) is 1. The number of ether oxygens (including phenoxy) is 2. The molecule has 3 aromatic rings. The number of hydrogen-bond donors (Lipinski definition) is 1. The smallest absolute Gasteiger partial charge is 0.282 e. The standard InChI is InChI=1S/C23H27N3O3/c1-27-20-9-8-19(15-21(20)28-2)23-24-22(29-25-23)16-26-12-10-18(11-13-26)14-17-6-4-3-5-7-17/h3-9,15,18H,10-14,16H2,1-2H3/p+1. The maximum Gasteiger partial charge on any atom is 0.282 e. The van der Waals surface area contributed by atoms with Crippen molar-refractivity contribution in [1.82, 2.24) is 10.1 Å². The summed E-state index contributed by atoms with van der Waals surface area (Å²) in [6.45, 7) is 3.06. The number of nitrogens with zero attached hydrogens (tertiary/aromatic N) is 2. The van der Waals surface area contributed by atoms with Gasteiger partial charge in [-0.05, 0) is 48.9 Å². The molecule has 6 heteroatoms. The molecule has 1 N–H and O–H groups in total. The molecule has 1 aliphatic heterocycles. The van der Waals surface area contributed by atoms with Gasteiger partial charge in [0.2, 0.25) is 5.82 Å². The highest BCUT2D eigenvalue weighted by Crippen LogP contribution is 2.31. The van der Waals surface area contributed by atoms with Crippen LogP contribution in [0.1, 0.15) is 24.3 Å². The van der Waals surface area contributed by atoms with Crippen molar-refractivity contribution < 1.29 is 18.9 Å². The first-order valence-electron chi connectivity index (χ1n) is 10.2. The van der Waals surface area contributed by atoms with E-state index in [1.54, 1.807) is 14.2 Å². The van der Waals surface area contributed by atoms with Crippen LogP contribution < -0.4 is 14.4 Å². The van der Waals surface area contributed by atoms with Gasteiger partial charge in [-0.25, -0.2) is 0 Å². The second-order valence-corrected chi connectivity index (χ2v) is 7.64. The lowest BCUT2D eigenvalue weighted by atomic mass is 9.90. The SMILES string of the molecule is COc1ccc(-c2noc(C[NH+]3CCC(Cc4ccccc4)CC3)n2)cc1OC. The van der Waals surface area contributed by atoms with Crippen molar-refractivity contribution in [3.05, 3.63) is 60.0 Å². The van der Waals surface area contributed by atoms with Gasteiger partial charge in [-0.2, -0.15) is 4.98 Å². The Kier molecular flexibility index (Phi) is 6.10. The fourth-order valence-corrected chi connectivity index (χ4v) is 4.05. The van der Waals surface area contributed by atoms with E-state index in [4.69, 9.17) is 14.0 Å². The summed E-state index contributed by atoms with van der Waals surface area (Å²) in [4.78, 5) is 6.11. The Labute approximate surface area is 171 Å². The van der Waals surface area contributed by atoms with Gasteiger partial charge in [0.15, 0.2) is 18.0 Å². The predicted molar refractivity (Wildman–Crippen MR) is 110 cm³/mol. The second-order valence-electron chi connectivity index (χ2n) is 7.64. The van der Waals surface area contributed by atoms with Crippen LogP contribution in [0.3, 0.4) is 0 Å². The summed E-state index contributed by atoms with van der Waals surface area (Å²) in [6.07, 6.45) is 3.65. The van der Waals surface area contributed by atoms with Gasteiger partial charge in [0.25, 0.3) is 5.89 Å². The summed E-state index contributed by atoms with van der Waals surface area (Å²) in [6, 6.07) is 16.4. The van der Waals surface area contributed by atoms with Crippen molar-refractivity contribution >= 4 is 0 Å². The monoisotopic (exact) mass is 394 g/mol. The number of hydrogen-bond acceptors (Lipinski definition) is 5. The molecule has 0 bridgehead atoms. The van der Waals surface area contributed by atoms with E-state index in [0.717, 1.165) is 31.1 Å². The highest BCUT2D eigenvalue weighted by molar-refractivity contribution is 5.60. The van der Waals surface area contributed by atoms with Crippen LogP contribution in [0.4, 0.5) is 0 Å². The van der Waals surface area contributed by atoms with Crippen molar-refractivity contribution in [3.63, 3.8) is 0 Å². The van der Waals surface area contributed by atoms with E-state index >= 15 is 0 Å². The third-order valence-electron chi connectivity index (χ3n) is 5.69. The van der Waals surface area contributed by atoms with E-state index in [0.29, 0.717) is 23.2 Å². The first-order chi connectivity index (χ1) is 14.2. The van der Waals surface area contributed by atoms with Crippen LogP contribution in [0.25, 0.3) is 11.4 Å². The average molecular weight is 394 g/mol. The molecular weight excluding hydrogens is 366 g/mol. The Bertz CT molecular complexity index is 918. The molecule has 6 nitrogen and oxygen atoms in total. The maximum absolute atomic E-state index is 5.52. The lowest BCUT2D eigenvalue weighted by Gasteiger charge is -2.28. The fourth-order valence-electron chi connectivity index (χ4n) is 4.05. The summed E-state index contributed by atoms with van der Waals surface area (Å²) in [5.41, 5.74) is 2.30. The summed E-state index contributed by atoms with van der Waals surface area (Å²) in [5.74, 6) is 3.38. The summed E-state index contributed by atoms with van der Waals surface area (Å²) >= 11 is 0. The van der Waals surface area contributed by atoms with Gasteiger partial charge in [0, 0.05) is 5.56 Å². The molecule has 1 aromatic heterocycles. The van der Waals surface area contributed by atoms with E-state index in [1.165, 1.54) is 29.7 Å². The molecule has 1 aliphatic rings. The molecule has 1 fully saturated rings. The number of benzene rings is 2. The zero-order valence-corrected chi connectivity index (χ0v) is 17.1. The van der Waals surface area contributed by atoms with Crippen molar-refractivity contribution in [3.8, 4) is 22.9 Å². The van der Waals surface area contributed by atoms with E-state index in [2.05, 4.69) is 40.5 Å². The van der Waals surface area contributed by atoms with E-state index in [-0.39, 0.29) is 0 Å². The quantitative estimate of drug-likeness (QED) is 0.668. The van der Waals surface area contributed by atoms with Gasteiger partial charge in [0.05, 0.1) is 27.3 Å². The van der Waals surface area contributed by atoms with Crippen molar-refractivity contribution in [2.45, 2.75) is 25.8 Å². The Balaban J connectivity index is 1.33. The van der Waals surface area contributed by atoms with Gasteiger partial charge in [0.1, 0.15) is 0 Å². The minimum Gasteiger partial charge on any atom is -0.493 e. The first-order valence-corrected chi connectivity index (χ1v) is 10.2. The third-order valence-corrected chi connectivity index (χ3v) is 5.69. The minimum atomic E-state index is 0.583. The van der Waals surface area contributed by atoms with E-state index in [1.807, 2.05) is 18.2 Å². The topological polar surface area (TPSA) is 61.8 Å². The van der Waals surface area contributed by atoms with Crippen LogP contribution in [0.5, 0.6) is 11.5 Å². The largest absolute Gasteiger partial charge is 0.493 e. The number of aromatic nitrogens is 2. The predicted octanol–water partition coefficient (Wildman–Crippen LogP) is 2.79. The van der Waals surface area contributed by atoms with E-state index < -0.39 is 0 Å². The molecule has 0 radical (unpaired) electrons. The van der Waals surface area contributed by atoms with Gasteiger partial charge >= 0.3 is 0 Å². The van der Waals surface area contributed by atoms with Crippen LogP contribution in [-0.2, 0) is 13.0 Å². The second kappa shape index (κ2) is 9.09. The highest BCUT2D eigenvalue weighted by atomic mass is 16.5. The summed E-state index contributed by atoms with van der Waals surface area (Å²) < 4.78 is 16.2. The Morgan fingerprint density at radius 1 is 1.00 bits per heavy atom. The normalized spacial score (nSPS) is 19.1. The number of rotatable bonds is 7. The number of likely N-dealkylation sites (tertiary alicyclic amines) is 1. The average Bonchev–Trinajstić information content (AvgIpc) is 3.24. The third kappa shape index (κ3) is 4.77. The number of quaternary nitrogens is 1. The first kappa shape index (κ1) is 19.5. The molecule has 1 saturated heterocycles. The van der Waals surface area contributed by atoms with Gasteiger partial charge in [-0.1, -0.05) is 35.5 Å². The molecule has 0 unspecified atom stereocenters. The minimum absolute atomic E-state index is 0.583. The molecule has 0 aliphatic carbocycles. The molecule has 152 valence electrons. The molecule has 4 rings (SSSR count). The summed E-state index contributed by atoms with van der Waals surface area (Å²) in [7, 11) is 3.24. The van der Waals surface area contributed by atoms with Crippen LogP contribution in [0.2, 0.25) is 0 Å². The molecular formula is C23H28N3O3+. The Morgan fingerprint density at radius 3 is 2.48 bits per heavy atom. The highest BCUT2D eigenvalue weighted by Gasteiger charge is 2.24. The van der Waals surface area contributed by atoms with Gasteiger partial charge in [-0.3, -0.25) is 0 Å². The van der Waals surface area contributed by atoms with E-state index in [9.17, 15) is 0 Å². The van der Waals surface area contributed by atoms with Gasteiger partial charge < -0.3 is 18.9 Å². The van der Waals surface area contributed by atoms with Crippen LogP contribution >= 0.6 is 0 Å². The molecule has 0 atom stereocenters. The zero-order chi connectivity index (χ0) is 20.1. The molecule has 2 heterocycles. The van der Waals surface area contributed by atoms with Crippen LogP contribution in [0.15, 0.2) is 53.1 Å². The lowest BCUT2D eigenvalue weighted by molar-refractivity contribution is -0.921. The summed E-state index contributed by atoms with van der Waals surface area (Å²) in [5, 5.41) is 4.16. The van der Waals surface area contributed by atoms with Crippen molar-refractivity contribution in [2.75, 3.05) is 27.3 Å². The molecule has 29 heavy (non-hydrogen) atoms. The molecule has 0 saturated carbocycles. The van der Waals surface area contributed by atoms with Crippen LogP contribution in [-0.4, -0.2) is 37.4 Å². The van der Waals surface area contributed by atoms with Gasteiger partial charge in [-0.15, -0.1) is 0 Å². The molecule has 0 amide bonds. The molecule has 2 aromatic carbocycles. The maximum atomic E-state index is 5.52.